The van der Waals surface area contributed by atoms with Crippen LogP contribution in [-0.2, 0) is 19.1 Å². The molecule has 0 aromatic carbocycles. The van der Waals surface area contributed by atoms with Crippen molar-refractivity contribution in [1.29, 1.82) is 0 Å². The van der Waals surface area contributed by atoms with Crippen molar-refractivity contribution < 1.29 is 24.2 Å². The fourth-order valence-corrected chi connectivity index (χ4v) is 1.53. The largest absolute Gasteiger partial charge is 0.467 e. The Hall–Kier alpha value is -1.47. The van der Waals surface area contributed by atoms with E-state index < -0.39 is 23.4 Å². The van der Waals surface area contributed by atoms with Gasteiger partial charge in [-0.1, -0.05) is 0 Å². The van der Waals surface area contributed by atoms with Crippen LogP contribution in [-0.4, -0.2) is 60.1 Å². The Morgan fingerprint density at radius 2 is 2.00 bits per heavy atom. The molecule has 0 aliphatic carbocycles. The standard InChI is InChI=1S/C9H14N2O5/c1-9(15,8(14)16-2)5-11-3-6(12)10-7(13)4-11/h15H,3-5H2,1-2H3,(H,10,12,13). The number of rotatable bonds is 3. The maximum absolute atomic E-state index is 11.2. The number of amides is 2. The van der Waals surface area contributed by atoms with E-state index in [1.165, 1.54) is 11.8 Å². The summed E-state index contributed by atoms with van der Waals surface area (Å²) >= 11 is 0. The minimum absolute atomic E-state index is 0.0289. The van der Waals surface area contributed by atoms with Gasteiger partial charge in [0.05, 0.1) is 20.2 Å². The first kappa shape index (κ1) is 12.6. The molecule has 0 radical (unpaired) electrons. The molecule has 1 saturated heterocycles. The van der Waals surface area contributed by atoms with E-state index in [9.17, 15) is 19.5 Å². The van der Waals surface area contributed by atoms with Gasteiger partial charge in [-0.25, -0.2) is 4.79 Å². The van der Waals surface area contributed by atoms with Crippen molar-refractivity contribution in [2.75, 3.05) is 26.7 Å². The third-order valence-electron chi connectivity index (χ3n) is 2.17. The Bertz CT molecular complexity index is 310. The van der Waals surface area contributed by atoms with Gasteiger partial charge in [0, 0.05) is 6.54 Å². The lowest BCUT2D eigenvalue weighted by Crippen LogP contribution is -2.56. The van der Waals surface area contributed by atoms with Crippen LogP contribution >= 0.6 is 0 Å². The second-order valence-corrected chi connectivity index (χ2v) is 3.88. The number of imide groups is 1. The number of piperazine rings is 1. The molecule has 2 amide bonds. The first-order chi connectivity index (χ1) is 7.35. The first-order valence-electron chi connectivity index (χ1n) is 4.71. The highest BCUT2D eigenvalue weighted by atomic mass is 16.5. The van der Waals surface area contributed by atoms with Crippen molar-refractivity contribution in [2.45, 2.75) is 12.5 Å². The van der Waals surface area contributed by atoms with E-state index in [0.717, 1.165) is 7.11 Å². The zero-order valence-electron chi connectivity index (χ0n) is 9.15. The van der Waals surface area contributed by atoms with Crippen LogP contribution in [0.1, 0.15) is 6.92 Å². The van der Waals surface area contributed by atoms with Gasteiger partial charge >= 0.3 is 5.97 Å². The molecule has 1 aliphatic heterocycles. The van der Waals surface area contributed by atoms with E-state index in [1.807, 2.05) is 0 Å². The van der Waals surface area contributed by atoms with Crippen molar-refractivity contribution in [2.24, 2.45) is 0 Å². The van der Waals surface area contributed by atoms with Gasteiger partial charge in [0.15, 0.2) is 5.60 Å². The van der Waals surface area contributed by atoms with Gasteiger partial charge < -0.3 is 9.84 Å². The number of nitrogens with one attached hydrogen (secondary N) is 1. The van der Waals surface area contributed by atoms with Crippen LogP contribution in [0.25, 0.3) is 0 Å². The number of hydrogen-bond donors (Lipinski definition) is 2. The zero-order chi connectivity index (χ0) is 12.3. The lowest BCUT2D eigenvalue weighted by molar-refractivity contribution is -0.163. The number of β-amino-alcohol motifs (C(OH)–C–C–N with tert-alkyl or cyclic N) is 1. The summed E-state index contributed by atoms with van der Waals surface area (Å²) in [5.41, 5.74) is -1.73. The third-order valence-corrected chi connectivity index (χ3v) is 2.17. The van der Waals surface area contributed by atoms with Crippen molar-refractivity contribution in [3.63, 3.8) is 0 Å². The lowest BCUT2D eigenvalue weighted by Gasteiger charge is -2.30. The molecule has 0 saturated carbocycles. The summed E-state index contributed by atoms with van der Waals surface area (Å²) in [5, 5.41) is 11.9. The Morgan fingerprint density at radius 3 is 2.44 bits per heavy atom. The Balaban J connectivity index is 2.62. The fraction of sp³-hybridized carbons (Fsp3) is 0.667. The summed E-state index contributed by atoms with van der Waals surface area (Å²) in [5.74, 6) is -1.69. The second kappa shape index (κ2) is 4.58. The molecule has 7 heteroatoms. The van der Waals surface area contributed by atoms with Crippen LogP contribution in [0.3, 0.4) is 0 Å². The predicted molar refractivity (Wildman–Crippen MR) is 52.2 cm³/mol. The number of methoxy groups -OCH3 is 1. The number of esters is 1. The monoisotopic (exact) mass is 230 g/mol. The van der Waals surface area contributed by atoms with Gasteiger partial charge in [-0.3, -0.25) is 19.8 Å². The van der Waals surface area contributed by atoms with Crippen molar-refractivity contribution >= 4 is 17.8 Å². The van der Waals surface area contributed by atoms with Crippen LogP contribution in [0.5, 0.6) is 0 Å². The molecular weight excluding hydrogens is 216 g/mol. The van der Waals surface area contributed by atoms with E-state index >= 15 is 0 Å². The Kier molecular flexibility index (Phi) is 3.61. The molecule has 0 bridgehead atoms. The van der Waals surface area contributed by atoms with Crippen LogP contribution in [0.2, 0.25) is 0 Å². The van der Waals surface area contributed by atoms with Crippen LogP contribution < -0.4 is 5.32 Å². The average molecular weight is 230 g/mol. The predicted octanol–water partition coefficient (Wildman–Crippen LogP) is -2.13. The molecule has 16 heavy (non-hydrogen) atoms. The highest BCUT2D eigenvalue weighted by Crippen LogP contribution is 2.09. The molecule has 1 heterocycles. The molecule has 1 rings (SSSR count). The van der Waals surface area contributed by atoms with Crippen LogP contribution in [0, 0.1) is 0 Å². The molecule has 1 unspecified atom stereocenters. The number of carbonyl (C=O) groups is 3. The zero-order valence-corrected chi connectivity index (χ0v) is 9.15. The number of carbonyl (C=O) groups excluding carboxylic acids is 3. The molecule has 7 nitrogen and oxygen atoms in total. The van der Waals surface area contributed by atoms with Gasteiger partial charge in [-0.05, 0) is 6.92 Å². The molecule has 0 aromatic heterocycles. The second-order valence-electron chi connectivity index (χ2n) is 3.88. The van der Waals surface area contributed by atoms with Gasteiger partial charge in [-0.2, -0.15) is 0 Å². The Labute approximate surface area is 92.4 Å². The molecule has 1 atom stereocenters. The summed E-state index contributed by atoms with van der Waals surface area (Å²) < 4.78 is 4.41. The fourth-order valence-electron chi connectivity index (χ4n) is 1.53. The van der Waals surface area contributed by atoms with E-state index in [0.29, 0.717) is 0 Å². The maximum Gasteiger partial charge on any atom is 0.338 e. The SMILES string of the molecule is COC(=O)C(C)(O)CN1CC(=O)NC(=O)C1. The van der Waals surface area contributed by atoms with E-state index in [4.69, 9.17) is 0 Å². The van der Waals surface area contributed by atoms with E-state index in [-0.39, 0.29) is 19.6 Å². The van der Waals surface area contributed by atoms with Gasteiger partial charge in [-0.15, -0.1) is 0 Å². The summed E-state index contributed by atoms with van der Waals surface area (Å²) in [6, 6.07) is 0. The average Bonchev–Trinajstić information content (AvgIpc) is 2.13. The lowest BCUT2D eigenvalue weighted by atomic mass is 10.1. The normalized spacial score (nSPS) is 21.2. The quantitative estimate of drug-likeness (QED) is 0.424. The molecule has 90 valence electrons. The topological polar surface area (TPSA) is 95.9 Å². The minimum Gasteiger partial charge on any atom is -0.467 e. The highest BCUT2D eigenvalue weighted by Gasteiger charge is 2.36. The molecular formula is C9H14N2O5. The molecule has 1 aliphatic rings. The van der Waals surface area contributed by atoms with Crippen molar-refractivity contribution in [3.8, 4) is 0 Å². The van der Waals surface area contributed by atoms with Gasteiger partial charge in [0.25, 0.3) is 0 Å². The van der Waals surface area contributed by atoms with Gasteiger partial charge in [0.2, 0.25) is 11.8 Å². The van der Waals surface area contributed by atoms with Crippen molar-refractivity contribution in [3.05, 3.63) is 0 Å². The summed E-state index contributed by atoms with van der Waals surface area (Å²) in [6.45, 7) is 1.09. The van der Waals surface area contributed by atoms with Crippen LogP contribution in [0.4, 0.5) is 0 Å². The maximum atomic E-state index is 11.2. The summed E-state index contributed by atoms with van der Waals surface area (Å²) in [7, 11) is 1.16. The van der Waals surface area contributed by atoms with E-state index in [2.05, 4.69) is 10.1 Å². The first-order valence-corrected chi connectivity index (χ1v) is 4.71. The smallest absolute Gasteiger partial charge is 0.338 e. The highest BCUT2D eigenvalue weighted by molar-refractivity contribution is 5.99. The summed E-state index contributed by atoms with van der Waals surface area (Å²) in [4.78, 5) is 34.6. The van der Waals surface area contributed by atoms with E-state index in [1.54, 1.807) is 0 Å². The third kappa shape index (κ3) is 3.01. The molecule has 1 fully saturated rings. The minimum atomic E-state index is -1.73. The molecule has 0 spiro atoms. The number of aliphatic hydroxyl groups is 1. The van der Waals surface area contributed by atoms with Crippen molar-refractivity contribution in [1.82, 2.24) is 10.2 Å². The molecule has 0 aromatic rings. The summed E-state index contributed by atoms with van der Waals surface area (Å²) in [6.07, 6.45) is 0. The number of hydrogen-bond acceptors (Lipinski definition) is 6. The Morgan fingerprint density at radius 1 is 1.50 bits per heavy atom. The number of nitrogens with zero attached hydrogens (tertiary/aromatic N) is 1. The number of ether oxygens (including phenoxy) is 1. The molecule has 2 N–H and O–H groups in total. The van der Waals surface area contributed by atoms with Gasteiger partial charge in [0.1, 0.15) is 0 Å². The van der Waals surface area contributed by atoms with Crippen LogP contribution in [0.15, 0.2) is 0 Å².